The van der Waals surface area contributed by atoms with Crippen molar-refractivity contribution in [1.29, 1.82) is 0 Å². The van der Waals surface area contributed by atoms with Crippen LogP contribution in [0.2, 0.25) is 0 Å². The molecule has 0 bridgehead atoms. The minimum Gasteiger partial charge on any atom is -0.289 e. The van der Waals surface area contributed by atoms with Crippen molar-refractivity contribution in [1.82, 2.24) is 0 Å². The van der Waals surface area contributed by atoms with E-state index in [1.807, 2.05) is 26.0 Å². The molecule has 0 amide bonds. The van der Waals surface area contributed by atoms with Gasteiger partial charge < -0.3 is 0 Å². The predicted octanol–water partition coefficient (Wildman–Crippen LogP) is 2.24. The summed E-state index contributed by atoms with van der Waals surface area (Å²) in [7, 11) is 0. The molecule has 2 heteroatoms. The third kappa shape index (κ3) is 1.11. The van der Waals surface area contributed by atoms with Gasteiger partial charge in [-0.15, -0.1) is 0 Å². The molecule has 0 atom stereocenters. The third-order valence-electron chi connectivity index (χ3n) is 2.50. The molecule has 0 heterocycles. The maximum Gasteiger partial charge on any atom is 0.186 e. The van der Waals surface area contributed by atoms with Gasteiger partial charge in [0.2, 0.25) is 0 Å². The summed E-state index contributed by atoms with van der Waals surface area (Å²) in [6.45, 7) is 3.70. The fourth-order valence-corrected chi connectivity index (χ4v) is 1.76. The maximum absolute atomic E-state index is 11.6. The highest BCUT2D eigenvalue weighted by Crippen LogP contribution is 2.23. The summed E-state index contributed by atoms with van der Waals surface area (Å²) < 4.78 is 0. The Morgan fingerprint density at radius 3 is 1.50 bits per heavy atom. The summed E-state index contributed by atoms with van der Waals surface area (Å²) in [6, 6.07) is 3.75. The van der Waals surface area contributed by atoms with Crippen molar-refractivity contribution in [3.8, 4) is 0 Å². The first kappa shape index (κ1) is 8.88. The number of carbonyl (C=O) groups is 2. The standard InChI is InChI=1S/C12H10O2/c1-7-3-4-8(2)12-10(14)6-5-9(13)11(7)12/h3-6H,1-2H3. The molecule has 1 aliphatic carbocycles. The summed E-state index contributed by atoms with van der Waals surface area (Å²) in [6.07, 6.45) is 2.69. The first-order valence-corrected chi connectivity index (χ1v) is 4.48. The van der Waals surface area contributed by atoms with Crippen LogP contribution in [0.4, 0.5) is 0 Å². The molecule has 14 heavy (non-hydrogen) atoms. The van der Waals surface area contributed by atoms with Crippen LogP contribution in [-0.4, -0.2) is 11.6 Å². The molecule has 0 saturated carbocycles. The van der Waals surface area contributed by atoms with Crippen LogP contribution < -0.4 is 0 Å². The number of aryl methyl sites for hydroxylation is 2. The molecule has 1 aliphatic rings. The van der Waals surface area contributed by atoms with Crippen LogP contribution in [0.25, 0.3) is 0 Å². The Bertz CT molecular complexity index is 424. The molecule has 1 aromatic rings. The average molecular weight is 186 g/mol. The number of fused-ring (bicyclic) bond motifs is 1. The number of hydrogen-bond donors (Lipinski definition) is 0. The molecule has 0 unspecified atom stereocenters. The van der Waals surface area contributed by atoms with Crippen LogP contribution in [0.5, 0.6) is 0 Å². The Morgan fingerprint density at radius 2 is 1.14 bits per heavy atom. The zero-order chi connectivity index (χ0) is 10.3. The van der Waals surface area contributed by atoms with E-state index in [9.17, 15) is 9.59 Å². The van der Waals surface area contributed by atoms with Crippen LogP contribution in [-0.2, 0) is 0 Å². The Morgan fingerprint density at radius 1 is 0.786 bits per heavy atom. The van der Waals surface area contributed by atoms with E-state index >= 15 is 0 Å². The van der Waals surface area contributed by atoms with Crippen molar-refractivity contribution in [2.75, 3.05) is 0 Å². The van der Waals surface area contributed by atoms with Gasteiger partial charge in [-0.25, -0.2) is 0 Å². The second-order valence-corrected chi connectivity index (χ2v) is 3.51. The first-order chi connectivity index (χ1) is 6.61. The van der Waals surface area contributed by atoms with E-state index in [1.54, 1.807) is 0 Å². The SMILES string of the molecule is Cc1ccc(C)c2c1C(=O)C=CC2=O. The van der Waals surface area contributed by atoms with E-state index in [0.717, 1.165) is 11.1 Å². The van der Waals surface area contributed by atoms with Crippen molar-refractivity contribution in [3.05, 3.63) is 46.5 Å². The maximum atomic E-state index is 11.6. The lowest BCUT2D eigenvalue weighted by Crippen LogP contribution is -2.14. The normalized spacial score (nSPS) is 14.4. The number of ketones is 2. The van der Waals surface area contributed by atoms with Gasteiger partial charge in [0.15, 0.2) is 11.6 Å². The molecule has 0 saturated heterocycles. The predicted molar refractivity (Wildman–Crippen MR) is 53.7 cm³/mol. The summed E-state index contributed by atoms with van der Waals surface area (Å²) >= 11 is 0. The van der Waals surface area contributed by atoms with Crippen LogP contribution in [0, 0.1) is 13.8 Å². The minimum atomic E-state index is -0.0687. The molecule has 0 N–H and O–H groups in total. The third-order valence-corrected chi connectivity index (χ3v) is 2.50. The number of rotatable bonds is 0. The van der Waals surface area contributed by atoms with Gasteiger partial charge in [0.1, 0.15) is 0 Å². The molecule has 0 radical (unpaired) electrons. The van der Waals surface area contributed by atoms with E-state index in [0.29, 0.717) is 11.1 Å². The minimum absolute atomic E-state index is 0.0687. The lowest BCUT2D eigenvalue weighted by atomic mass is 9.88. The smallest absolute Gasteiger partial charge is 0.186 e. The largest absolute Gasteiger partial charge is 0.289 e. The summed E-state index contributed by atoms with van der Waals surface area (Å²) in [5.41, 5.74) is 2.87. The molecule has 0 fully saturated rings. The lowest BCUT2D eigenvalue weighted by Gasteiger charge is -2.13. The fourth-order valence-electron chi connectivity index (χ4n) is 1.76. The van der Waals surface area contributed by atoms with Crippen molar-refractivity contribution in [2.24, 2.45) is 0 Å². The number of hydrogen-bond acceptors (Lipinski definition) is 2. The highest BCUT2D eigenvalue weighted by Gasteiger charge is 2.22. The van der Waals surface area contributed by atoms with E-state index in [4.69, 9.17) is 0 Å². The summed E-state index contributed by atoms with van der Waals surface area (Å²) in [4.78, 5) is 23.1. The van der Waals surface area contributed by atoms with Crippen molar-refractivity contribution >= 4 is 11.6 Å². The second-order valence-electron chi connectivity index (χ2n) is 3.51. The topological polar surface area (TPSA) is 34.1 Å². The molecule has 70 valence electrons. The molecule has 2 rings (SSSR count). The lowest BCUT2D eigenvalue weighted by molar-refractivity contribution is 0.0993. The van der Waals surface area contributed by atoms with Crippen molar-refractivity contribution < 1.29 is 9.59 Å². The molecular weight excluding hydrogens is 176 g/mol. The Hall–Kier alpha value is -1.70. The van der Waals surface area contributed by atoms with Gasteiger partial charge in [-0.2, -0.15) is 0 Å². The Labute approximate surface area is 82.2 Å². The van der Waals surface area contributed by atoms with Gasteiger partial charge in [-0.3, -0.25) is 9.59 Å². The molecular formula is C12H10O2. The quantitative estimate of drug-likeness (QED) is 0.622. The van der Waals surface area contributed by atoms with Crippen LogP contribution >= 0.6 is 0 Å². The van der Waals surface area contributed by atoms with E-state index in [2.05, 4.69) is 0 Å². The van der Waals surface area contributed by atoms with Crippen molar-refractivity contribution in [2.45, 2.75) is 13.8 Å². The van der Waals surface area contributed by atoms with Gasteiger partial charge in [-0.05, 0) is 37.1 Å². The zero-order valence-electron chi connectivity index (χ0n) is 8.13. The van der Waals surface area contributed by atoms with Gasteiger partial charge >= 0.3 is 0 Å². The highest BCUT2D eigenvalue weighted by atomic mass is 16.1. The second kappa shape index (κ2) is 2.91. The Balaban J connectivity index is 2.83. The van der Waals surface area contributed by atoms with Gasteiger partial charge in [0.05, 0.1) is 0 Å². The van der Waals surface area contributed by atoms with Gasteiger partial charge in [0, 0.05) is 11.1 Å². The van der Waals surface area contributed by atoms with E-state index < -0.39 is 0 Å². The van der Waals surface area contributed by atoms with Gasteiger partial charge in [-0.1, -0.05) is 12.1 Å². The highest BCUT2D eigenvalue weighted by molar-refractivity contribution is 6.23. The summed E-state index contributed by atoms with van der Waals surface area (Å²) in [5.74, 6) is -0.137. The number of carbonyl (C=O) groups excluding carboxylic acids is 2. The van der Waals surface area contributed by atoms with E-state index in [-0.39, 0.29) is 11.6 Å². The van der Waals surface area contributed by atoms with Crippen molar-refractivity contribution in [3.63, 3.8) is 0 Å². The van der Waals surface area contributed by atoms with Gasteiger partial charge in [0.25, 0.3) is 0 Å². The van der Waals surface area contributed by atoms with Crippen LogP contribution in [0.15, 0.2) is 24.3 Å². The molecule has 2 nitrogen and oxygen atoms in total. The fraction of sp³-hybridized carbons (Fsp3) is 0.167. The van der Waals surface area contributed by atoms with Crippen LogP contribution in [0.1, 0.15) is 31.8 Å². The summed E-state index contributed by atoms with van der Waals surface area (Å²) in [5, 5.41) is 0. The van der Waals surface area contributed by atoms with E-state index in [1.165, 1.54) is 12.2 Å². The number of benzene rings is 1. The molecule has 0 aliphatic heterocycles. The zero-order valence-corrected chi connectivity index (χ0v) is 8.13. The number of allylic oxidation sites excluding steroid dienone is 2. The first-order valence-electron chi connectivity index (χ1n) is 4.48. The molecule has 0 aromatic heterocycles. The molecule has 0 spiro atoms. The van der Waals surface area contributed by atoms with Crippen LogP contribution in [0.3, 0.4) is 0 Å². The average Bonchev–Trinajstić information content (AvgIpc) is 2.16. The monoisotopic (exact) mass is 186 g/mol. The molecule has 1 aromatic carbocycles. The Kier molecular flexibility index (Phi) is 1.84.